The molecule has 1 amide bonds. The molecule has 0 bridgehead atoms. The number of benzene rings is 1. The molecule has 1 heterocycles. The van der Waals surface area contributed by atoms with Crippen LogP contribution in [0.2, 0.25) is 0 Å². The summed E-state index contributed by atoms with van der Waals surface area (Å²) in [4.78, 5) is 12.7. The van der Waals surface area contributed by atoms with Gasteiger partial charge in [0, 0.05) is 19.1 Å². The van der Waals surface area contributed by atoms with Crippen molar-refractivity contribution in [2.45, 2.75) is 63.2 Å². The van der Waals surface area contributed by atoms with E-state index >= 15 is 0 Å². The van der Waals surface area contributed by atoms with E-state index in [1.165, 1.54) is 30.0 Å². The van der Waals surface area contributed by atoms with Crippen LogP contribution >= 0.6 is 0 Å². The Bertz CT molecular complexity index is 682. The second-order valence-corrected chi connectivity index (χ2v) is 9.60. The van der Waals surface area contributed by atoms with Crippen LogP contribution in [0.25, 0.3) is 0 Å². The maximum Gasteiger partial charge on any atom is 0.224 e. The van der Waals surface area contributed by atoms with E-state index in [2.05, 4.69) is 5.32 Å². The lowest BCUT2D eigenvalue weighted by Gasteiger charge is -2.32. The number of sulfonamides is 1. The summed E-state index contributed by atoms with van der Waals surface area (Å²) in [7, 11) is -3.39. The van der Waals surface area contributed by atoms with E-state index in [9.17, 15) is 13.2 Å². The lowest BCUT2D eigenvalue weighted by atomic mass is 9.97. The monoisotopic (exact) mass is 378 g/mol. The molecule has 1 saturated heterocycles. The Kier molecular flexibility index (Phi) is 6.70. The van der Waals surface area contributed by atoms with Crippen molar-refractivity contribution in [3.8, 4) is 0 Å². The third-order valence-electron chi connectivity index (χ3n) is 5.54. The number of hydrogen-bond donors (Lipinski definition) is 1. The molecule has 1 saturated carbocycles. The Morgan fingerprint density at radius 1 is 1.00 bits per heavy atom. The van der Waals surface area contributed by atoms with E-state index in [4.69, 9.17) is 0 Å². The SMILES string of the molecule is O=C(NC1CCCCCC1)[C@@H]1CCCN(S(=O)(=O)Cc2ccccc2)C1. The molecule has 6 heteroatoms. The predicted molar refractivity (Wildman–Crippen MR) is 103 cm³/mol. The van der Waals surface area contributed by atoms with Crippen molar-refractivity contribution in [1.29, 1.82) is 0 Å². The number of carbonyl (C=O) groups excluding carboxylic acids is 1. The minimum Gasteiger partial charge on any atom is -0.353 e. The lowest BCUT2D eigenvalue weighted by molar-refractivity contribution is -0.126. The van der Waals surface area contributed by atoms with Crippen LogP contribution < -0.4 is 5.32 Å². The van der Waals surface area contributed by atoms with Gasteiger partial charge in [-0.15, -0.1) is 0 Å². The van der Waals surface area contributed by atoms with Crippen molar-refractivity contribution in [3.63, 3.8) is 0 Å². The van der Waals surface area contributed by atoms with Crippen LogP contribution in [0, 0.1) is 5.92 Å². The van der Waals surface area contributed by atoms with Crippen LogP contribution in [0.4, 0.5) is 0 Å². The molecule has 2 fully saturated rings. The van der Waals surface area contributed by atoms with E-state index in [1.807, 2.05) is 30.3 Å². The molecule has 1 aliphatic heterocycles. The third kappa shape index (κ3) is 5.30. The number of piperidine rings is 1. The minimum absolute atomic E-state index is 0.00477. The van der Waals surface area contributed by atoms with Crippen molar-refractivity contribution < 1.29 is 13.2 Å². The number of hydrogen-bond acceptors (Lipinski definition) is 3. The van der Waals surface area contributed by atoms with Gasteiger partial charge in [0.1, 0.15) is 0 Å². The van der Waals surface area contributed by atoms with Crippen LogP contribution in [0.3, 0.4) is 0 Å². The van der Waals surface area contributed by atoms with Gasteiger partial charge in [0.2, 0.25) is 15.9 Å². The van der Waals surface area contributed by atoms with Crippen LogP contribution in [0.5, 0.6) is 0 Å². The fourth-order valence-electron chi connectivity index (χ4n) is 4.03. The summed E-state index contributed by atoms with van der Waals surface area (Å²) in [6.07, 6.45) is 8.47. The van der Waals surface area contributed by atoms with E-state index in [0.717, 1.165) is 31.2 Å². The van der Waals surface area contributed by atoms with Crippen molar-refractivity contribution in [1.82, 2.24) is 9.62 Å². The third-order valence-corrected chi connectivity index (χ3v) is 7.36. The van der Waals surface area contributed by atoms with Crippen LogP contribution in [0.1, 0.15) is 56.9 Å². The van der Waals surface area contributed by atoms with Crippen LogP contribution in [-0.4, -0.2) is 37.8 Å². The predicted octanol–water partition coefficient (Wildman–Crippen LogP) is 3.07. The molecule has 1 N–H and O–H groups in total. The highest BCUT2D eigenvalue weighted by molar-refractivity contribution is 7.88. The second-order valence-electron chi connectivity index (χ2n) is 7.64. The van der Waals surface area contributed by atoms with Crippen molar-refractivity contribution in [2.75, 3.05) is 13.1 Å². The van der Waals surface area contributed by atoms with E-state index < -0.39 is 10.0 Å². The molecular weight excluding hydrogens is 348 g/mol. The molecule has 144 valence electrons. The highest BCUT2D eigenvalue weighted by atomic mass is 32.2. The summed E-state index contributed by atoms with van der Waals surface area (Å²) in [5.74, 6) is -0.181. The van der Waals surface area contributed by atoms with Gasteiger partial charge >= 0.3 is 0 Å². The molecule has 1 aromatic carbocycles. The molecule has 0 aromatic heterocycles. The molecule has 26 heavy (non-hydrogen) atoms. The molecular formula is C20H30N2O3S. The Labute approximate surface area is 157 Å². The van der Waals surface area contributed by atoms with Gasteiger partial charge in [-0.2, -0.15) is 0 Å². The van der Waals surface area contributed by atoms with Gasteiger partial charge in [0.05, 0.1) is 11.7 Å². The molecule has 1 atom stereocenters. The number of amides is 1. The largest absolute Gasteiger partial charge is 0.353 e. The standard InChI is InChI=1S/C20H30N2O3S/c23-20(21-19-12-6-1-2-7-13-19)18-11-8-14-22(15-18)26(24,25)16-17-9-4-3-5-10-17/h3-5,9-10,18-19H,1-2,6-8,11-16H2,(H,21,23)/t18-/m1/s1. The number of nitrogens with zero attached hydrogens (tertiary/aromatic N) is 1. The maximum atomic E-state index is 12.8. The van der Waals surface area contributed by atoms with Gasteiger partial charge in [0.25, 0.3) is 0 Å². The highest BCUT2D eigenvalue weighted by Gasteiger charge is 2.33. The Morgan fingerprint density at radius 2 is 1.69 bits per heavy atom. The summed E-state index contributed by atoms with van der Waals surface area (Å²) >= 11 is 0. The van der Waals surface area contributed by atoms with Crippen molar-refractivity contribution in [3.05, 3.63) is 35.9 Å². The first-order valence-corrected chi connectivity index (χ1v) is 11.5. The molecule has 1 aliphatic carbocycles. The molecule has 1 aromatic rings. The Balaban J connectivity index is 1.58. The summed E-state index contributed by atoms with van der Waals surface area (Å²) in [5, 5.41) is 3.19. The minimum atomic E-state index is -3.39. The fraction of sp³-hybridized carbons (Fsp3) is 0.650. The first kappa shape index (κ1) is 19.4. The van der Waals surface area contributed by atoms with E-state index in [-0.39, 0.29) is 23.6 Å². The number of rotatable bonds is 5. The molecule has 0 radical (unpaired) electrons. The summed E-state index contributed by atoms with van der Waals surface area (Å²) in [5.41, 5.74) is 0.789. The highest BCUT2D eigenvalue weighted by Crippen LogP contribution is 2.23. The smallest absolute Gasteiger partial charge is 0.224 e. The second kappa shape index (κ2) is 9.00. The lowest BCUT2D eigenvalue weighted by Crippen LogP contribution is -2.47. The zero-order valence-electron chi connectivity index (χ0n) is 15.4. The van der Waals surface area contributed by atoms with E-state index in [1.54, 1.807) is 0 Å². The van der Waals surface area contributed by atoms with Crippen molar-refractivity contribution in [2.24, 2.45) is 5.92 Å². The van der Waals surface area contributed by atoms with Gasteiger partial charge in [-0.1, -0.05) is 56.0 Å². The summed E-state index contributed by atoms with van der Waals surface area (Å²) in [6.45, 7) is 0.829. The quantitative estimate of drug-likeness (QED) is 0.801. The van der Waals surface area contributed by atoms with Crippen molar-refractivity contribution >= 4 is 15.9 Å². The molecule has 3 rings (SSSR count). The first-order chi connectivity index (χ1) is 12.5. The Morgan fingerprint density at radius 3 is 2.38 bits per heavy atom. The van der Waals surface area contributed by atoms with Crippen LogP contribution in [-0.2, 0) is 20.6 Å². The van der Waals surface area contributed by atoms with E-state index in [0.29, 0.717) is 13.1 Å². The molecule has 2 aliphatic rings. The van der Waals surface area contributed by atoms with Gasteiger partial charge in [0.15, 0.2) is 0 Å². The van der Waals surface area contributed by atoms with Gasteiger partial charge in [-0.3, -0.25) is 4.79 Å². The average Bonchev–Trinajstić information content (AvgIpc) is 2.91. The van der Waals surface area contributed by atoms with Crippen LogP contribution in [0.15, 0.2) is 30.3 Å². The molecule has 0 unspecified atom stereocenters. The fourth-order valence-corrected chi connectivity index (χ4v) is 5.64. The summed E-state index contributed by atoms with van der Waals surface area (Å²) < 4.78 is 27.0. The molecule has 5 nitrogen and oxygen atoms in total. The zero-order valence-corrected chi connectivity index (χ0v) is 16.2. The average molecular weight is 379 g/mol. The molecule has 0 spiro atoms. The first-order valence-electron chi connectivity index (χ1n) is 9.87. The maximum absolute atomic E-state index is 12.8. The van der Waals surface area contributed by atoms with Gasteiger partial charge in [-0.25, -0.2) is 12.7 Å². The van der Waals surface area contributed by atoms with Gasteiger partial charge in [-0.05, 0) is 31.2 Å². The number of nitrogens with one attached hydrogen (secondary N) is 1. The summed E-state index contributed by atoms with van der Waals surface area (Å²) in [6, 6.07) is 9.51. The normalized spacial score (nSPS) is 23.3. The van der Waals surface area contributed by atoms with Gasteiger partial charge < -0.3 is 5.32 Å². The zero-order chi connectivity index (χ0) is 18.4. The Hall–Kier alpha value is -1.40. The number of carbonyl (C=O) groups is 1. The topological polar surface area (TPSA) is 66.5 Å².